The van der Waals surface area contributed by atoms with E-state index in [1.54, 1.807) is 39.1 Å². The van der Waals surface area contributed by atoms with Crippen molar-refractivity contribution in [2.75, 3.05) is 31.2 Å². The molecular formula is C20H27IN4O4S. The number of nitrogens with zero attached hydrogens (tertiary/aromatic N) is 2. The van der Waals surface area contributed by atoms with E-state index in [2.05, 4.69) is 15.6 Å². The van der Waals surface area contributed by atoms with Crippen LogP contribution in [0, 0.1) is 0 Å². The average molecular weight is 546 g/mol. The Morgan fingerprint density at radius 3 is 2.67 bits per heavy atom. The summed E-state index contributed by atoms with van der Waals surface area (Å²) in [6, 6.07) is 10.7. The average Bonchev–Trinajstić information content (AvgIpc) is 3.20. The number of carbonyl (C=O) groups is 1. The molecule has 0 radical (unpaired) electrons. The van der Waals surface area contributed by atoms with E-state index in [4.69, 9.17) is 4.42 Å². The first-order valence-electron chi connectivity index (χ1n) is 9.33. The summed E-state index contributed by atoms with van der Waals surface area (Å²) >= 11 is 0. The number of furan rings is 1. The second kappa shape index (κ2) is 9.82. The molecular weight excluding hydrogens is 519 g/mol. The predicted octanol–water partition coefficient (Wildman–Crippen LogP) is 2.73. The number of anilines is 1. The third-order valence-corrected chi connectivity index (χ3v) is 7.47. The Bertz CT molecular complexity index is 1000. The minimum absolute atomic E-state index is 0. The van der Waals surface area contributed by atoms with Gasteiger partial charge in [-0.05, 0) is 43.7 Å². The molecule has 30 heavy (non-hydrogen) atoms. The topological polar surface area (TPSA) is 104 Å². The summed E-state index contributed by atoms with van der Waals surface area (Å²) in [6.45, 7) is 4.76. The smallest absolute Gasteiger partial charge is 0.291 e. The first-order chi connectivity index (χ1) is 13.7. The van der Waals surface area contributed by atoms with Crippen LogP contribution in [0.15, 0.2) is 52.1 Å². The zero-order valence-corrected chi connectivity index (χ0v) is 20.4. The van der Waals surface area contributed by atoms with Gasteiger partial charge in [-0.3, -0.25) is 9.79 Å². The Morgan fingerprint density at radius 1 is 1.27 bits per heavy atom. The van der Waals surface area contributed by atoms with Gasteiger partial charge in [0.1, 0.15) is 0 Å². The number of hydrogen-bond donors (Lipinski definition) is 2. The second-order valence-corrected chi connectivity index (χ2v) is 10.3. The van der Waals surface area contributed by atoms with Crippen LogP contribution >= 0.6 is 24.0 Å². The number of nitrogens with one attached hydrogen (secondary N) is 2. The molecule has 2 aromatic rings. The molecule has 1 aliphatic heterocycles. The van der Waals surface area contributed by atoms with Crippen LogP contribution in [0.4, 0.5) is 5.69 Å². The number of rotatable bonds is 4. The highest BCUT2D eigenvalue weighted by molar-refractivity contribution is 14.0. The number of halogens is 1. The quantitative estimate of drug-likeness (QED) is 0.348. The molecule has 2 N–H and O–H groups in total. The summed E-state index contributed by atoms with van der Waals surface area (Å²) < 4.78 is 28.7. The summed E-state index contributed by atoms with van der Waals surface area (Å²) in [6.07, 6.45) is 1.45. The maximum absolute atomic E-state index is 12.2. The Balaban J connectivity index is 0.00000320. The minimum atomic E-state index is -3.11. The fraction of sp³-hybridized carbons (Fsp3) is 0.400. The van der Waals surface area contributed by atoms with Gasteiger partial charge in [0.05, 0.1) is 16.8 Å². The predicted molar refractivity (Wildman–Crippen MR) is 128 cm³/mol. The summed E-state index contributed by atoms with van der Waals surface area (Å²) in [5.41, 5.74) is 1.61. The van der Waals surface area contributed by atoms with Crippen molar-refractivity contribution in [3.8, 4) is 0 Å². The number of amides is 1. The largest absolute Gasteiger partial charge is 0.459 e. The van der Waals surface area contributed by atoms with Crippen molar-refractivity contribution >= 4 is 51.4 Å². The van der Waals surface area contributed by atoms with E-state index in [0.29, 0.717) is 31.3 Å². The highest BCUT2D eigenvalue weighted by Gasteiger charge is 2.40. The third kappa shape index (κ3) is 5.54. The Morgan fingerprint density at radius 2 is 2.03 bits per heavy atom. The molecule has 0 aliphatic carbocycles. The summed E-state index contributed by atoms with van der Waals surface area (Å²) in [4.78, 5) is 18.4. The van der Waals surface area contributed by atoms with Crippen LogP contribution < -0.4 is 10.6 Å². The van der Waals surface area contributed by atoms with Gasteiger partial charge in [-0.1, -0.05) is 12.1 Å². The van der Waals surface area contributed by atoms with Crippen molar-refractivity contribution in [3.63, 3.8) is 0 Å². The van der Waals surface area contributed by atoms with Crippen molar-refractivity contribution in [3.05, 3.63) is 54.0 Å². The molecule has 0 saturated carbocycles. The SMILES string of the molecule is CN=C(NCc1cccc(NC(=O)c2ccco2)c1)N1CCS(=O)(=O)C(C)(C)C1.I. The van der Waals surface area contributed by atoms with Crippen LogP contribution in [-0.2, 0) is 16.4 Å². The molecule has 1 aromatic heterocycles. The first kappa shape index (κ1) is 24.2. The maximum Gasteiger partial charge on any atom is 0.291 e. The zero-order chi connectivity index (χ0) is 21.1. The number of sulfone groups is 1. The van der Waals surface area contributed by atoms with E-state index in [1.165, 1.54) is 6.26 Å². The molecule has 0 atom stereocenters. The molecule has 0 bridgehead atoms. The van der Waals surface area contributed by atoms with E-state index in [1.807, 2.05) is 23.1 Å². The van der Waals surface area contributed by atoms with E-state index < -0.39 is 14.6 Å². The van der Waals surface area contributed by atoms with Crippen LogP contribution in [0.5, 0.6) is 0 Å². The molecule has 1 aromatic carbocycles. The Kier molecular flexibility index (Phi) is 7.92. The molecule has 8 nitrogen and oxygen atoms in total. The number of carbonyl (C=O) groups excluding carboxylic acids is 1. The van der Waals surface area contributed by atoms with Crippen LogP contribution in [0.1, 0.15) is 30.0 Å². The fourth-order valence-electron chi connectivity index (χ4n) is 3.20. The van der Waals surface area contributed by atoms with E-state index in [0.717, 1.165) is 5.56 Å². The van der Waals surface area contributed by atoms with E-state index in [-0.39, 0.29) is 41.4 Å². The van der Waals surface area contributed by atoms with E-state index in [9.17, 15) is 13.2 Å². The number of hydrogen-bond acceptors (Lipinski definition) is 5. The normalized spacial score (nSPS) is 17.7. The van der Waals surface area contributed by atoms with Crippen molar-refractivity contribution in [2.45, 2.75) is 25.1 Å². The molecule has 1 aliphatic rings. The lowest BCUT2D eigenvalue weighted by atomic mass is 10.2. The summed E-state index contributed by atoms with van der Waals surface area (Å²) in [5.74, 6) is 0.692. The molecule has 1 saturated heterocycles. The second-order valence-electron chi connectivity index (χ2n) is 7.53. The number of guanidine groups is 1. The van der Waals surface area contributed by atoms with Crippen molar-refractivity contribution in [2.24, 2.45) is 4.99 Å². The fourth-order valence-corrected chi connectivity index (χ4v) is 4.56. The van der Waals surface area contributed by atoms with Crippen LogP contribution in [0.2, 0.25) is 0 Å². The molecule has 3 rings (SSSR count). The van der Waals surface area contributed by atoms with Gasteiger partial charge in [-0.2, -0.15) is 0 Å². The van der Waals surface area contributed by atoms with Crippen molar-refractivity contribution in [1.29, 1.82) is 0 Å². The van der Waals surface area contributed by atoms with E-state index >= 15 is 0 Å². The molecule has 1 amide bonds. The Labute approximate surface area is 194 Å². The zero-order valence-electron chi connectivity index (χ0n) is 17.2. The molecule has 0 spiro atoms. The molecule has 1 fully saturated rings. The molecule has 0 unspecified atom stereocenters. The van der Waals surface area contributed by atoms with Gasteiger partial charge in [0.15, 0.2) is 21.6 Å². The van der Waals surface area contributed by atoms with Gasteiger partial charge >= 0.3 is 0 Å². The number of aliphatic imine (C=N–C) groups is 1. The molecule has 10 heteroatoms. The lowest BCUT2D eigenvalue weighted by molar-refractivity contribution is 0.0996. The standard InChI is InChI=1S/C20H26N4O4S.HI/c1-20(2)14-24(9-11-29(20,26)27)19(21-3)22-13-15-6-4-7-16(12-15)23-18(25)17-8-5-10-28-17;/h4-8,10,12H,9,11,13-14H2,1-3H3,(H,21,22)(H,23,25);1H. The van der Waals surface area contributed by atoms with Crippen LogP contribution in [0.3, 0.4) is 0 Å². The summed E-state index contributed by atoms with van der Waals surface area (Å²) in [5, 5.41) is 6.08. The molecule has 2 heterocycles. The van der Waals surface area contributed by atoms with Gasteiger partial charge in [0.2, 0.25) is 0 Å². The highest BCUT2D eigenvalue weighted by Crippen LogP contribution is 2.23. The third-order valence-electron chi connectivity index (χ3n) is 4.94. The van der Waals surface area contributed by atoms with Crippen molar-refractivity contribution < 1.29 is 17.6 Å². The van der Waals surface area contributed by atoms with Crippen molar-refractivity contribution in [1.82, 2.24) is 10.2 Å². The lowest BCUT2D eigenvalue weighted by Gasteiger charge is -2.39. The van der Waals surface area contributed by atoms with Gasteiger partial charge in [0.25, 0.3) is 5.91 Å². The number of benzene rings is 1. The minimum Gasteiger partial charge on any atom is -0.459 e. The van der Waals surface area contributed by atoms with Gasteiger partial charge in [0, 0.05) is 32.4 Å². The molecule has 164 valence electrons. The monoisotopic (exact) mass is 546 g/mol. The van der Waals surface area contributed by atoms with Crippen LogP contribution in [0.25, 0.3) is 0 Å². The first-order valence-corrected chi connectivity index (χ1v) is 11.0. The highest BCUT2D eigenvalue weighted by atomic mass is 127. The maximum atomic E-state index is 12.2. The lowest BCUT2D eigenvalue weighted by Crippen LogP contribution is -2.57. The van der Waals surface area contributed by atoms with Crippen LogP contribution in [-0.4, -0.2) is 55.8 Å². The van der Waals surface area contributed by atoms with Gasteiger partial charge < -0.3 is 20.0 Å². The Hall–Kier alpha value is -2.08. The van der Waals surface area contributed by atoms with Gasteiger partial charge in [-0.25, -0.2) is 8.42 Å². The summed E-state index contributed by atoms with van der Waals surface area (Å²) in [7, 11) is -1.43. The van der Waals surface area contributed by atoms with Gasteiger partial charge in [-0.15, -0.1) is 24.0 Å².